The van der Waals surface area contributed by atoms with Gasteiger partial charge in [-0.1, -0.05) is 13.8 Å². The molecule has 1 N–H and O–H groups in total. The van der Waals surface area contributed by atoms with E-state index in [-0.39, 0.29) is 6.03 Å². The lowest BCUT2D eigenvalue weighted by Crippen LogP contribution is -2.46. The fourth-order valence-electron chi connectivity index (χ4n) is 4.95. The summed E-state index contributed by atoms with van der Waals surface area (Å²) in [4.78, 5) is 17.2. The number of nitrogens with one attached hydrogen (secondary N) is 1. The van der Waals surface area contributed by atoms with Crippen LogP contribution in [0.3, 0.4) is 0 Å². The molecule has 154 valence electrons. The molecule has 6 nitrogen and oxygen atoms in total. The van der Waals surface area contributed by atoms with Crippen LogP contribution in [0.5, 0.6) is 11.5 Å². The van der Waals surface area contributed by atoms with Crippen molar-refractivity contribution in [3.05, 3.63) is 18.2 Å². The molecule has 0 saturated carbocycles. The Labute approximate surface area is 168 Å². The second-order valence-corrected chi connectivity index (χ2v) is 8.88. The van der Waals surface area contributed by atoms with E-state index in [1.807, 2.05) is 23.1 Å². The Morgan fingerprint density at radius 3 is 2.46 bits per heavy atom. The molecule has 0 aromatic heterocycles. The number of urea groups is 1. The van der Waals surface area contributed by atoms with Gasteiger partial charge in [-0.15, -0.1) is 0 Å². The van der Waals surface area contributed by atoms with E-state index in [9.17, 15) is 4.79 Å². The number of benzene rings is 1. The van der Waals surface area contributed by atoms with Crippen LogP contribution in [0.1, 0.15) is 33.1 Å². The number of anilines is 1. The van der Waals surface area contributed by atoms with Gasteiger partial charge in [0, 0.05) is 44.5 Å². The Hall–Kier alpha value is -1.95. The Kier molecular flexibility index (Phi) is 5.95. The van der Waals surface area contributed by atoms with Crippen LogP contribution in [0.2, 0.25) is 0 Å². The topological polar surface area (TPSA) is 54.0 Å². The highest BCUT2D eigenvalue weighted by Crippen LogP contribution is 2.33. The summed E-state index contributed by atoms with van der Waals surface area (Å²) < 4.78 is 11.1. The lowest BCUT2D eigenvalue weighted by atomic mass is 9.89. The largest absolute Gasteiger partial charge is 0.486 e. The van der Waals surface area contributed by atoms with Crippen molar-refractivity contribution in [2.24, 2.45) is 17.8 Å². The molecular formula is C22H33N3O3. The van der Waals surface area contributed by atoms with Gasteiger partial charge in [-0.05, 0) is 49.1 Å². The summed E-state index contributed by atoms with van der Waals surface area (Å²) >= 11 is 0. The molecule has 28 heavy (non-hydrogen) atoms. The van der Waals surface area contributed by atoms with Gasteiger partial charge in [0.25, 0.3) is 0 Å². The SMILES string of the molecule is C[C@H]1C[C@H](C)CN(CC2CCN(C(=O)Nc3ccc4c(c3)OCCO4)CC2)C1. The molecule has 3 aliphatic rings. The number of nitrogens with zero attached hydrogens (tertiary/aromatic N) is 2. The number of carbonyl (C=O) groups is 1. The summed E-state index contributed by atoms with van der Waals surface area (Å²) in [6.45, 7) is 11.2. The first-order chi connectivity index (χ1) is 13.6. The van der Waals surface area contributed by atoms with E-state index in [0.717, 1.165) is 49.2 Å². The maximum Gasteiger partial charge on any atom is 0.321 e. The van der Waals surface area contributed by atoms with Gasteiger partial charge in [-0.2, -0.15) is 0 Å². The Bertz CT molecular complexity index is 678. The van der Waals surface area contributed by atoms with Crippen molar-refractivity contribution in [2.45, 2.75) is 33.1 Å². The fourth-order valence-corrected chi connectivity index (χ4v) is 4.95. The number of hydrogen-bond acceptors (Lipinski definition) is 4. The molecular weight excluding hydrogens is 354 g/mol. The van der Waals surface area contributed by atoms with Crippen LogP contribution in [0.4, 0.5) is 10.5 Å². The zero-order valence-corrected chi connectivity index (χ0v) is 17.2. The third kappa shape index (κ3) is 4.72. The van der Waals surface area contributed by atoms with Gasteiger partial charge in [0.05, 0.1) is 0 Å². The molecule has 0 bridgehead atoms. The van der Waals surface area contributed by atoms with Crippen molar-refractivity contribution >= 4 is 11.7 Å². The molecule has 6 heteroatoms. The van der Waals surface area contributed by atoms with E-state index in [1.54, 1.807) is 0 Å². The number of amides is 2. The average Bonchev–Trinajstić information content (AvgIpc) is 2.67. The van der Waals surface area contributed by atoms with E-state index < -0.39 is 0 Å². The average molecular weight is 388 g/mol. The minimum atomic E-state index is -0.0182. The minimum Gasteiger partial charge on any atom is -0.486 e. The third-order valence-electron chi connectivity index (χ3n) is 6.16. The Balaban J connectivity index is 1.25. The maximum atomic E-state index is 12.7. The maximum absolute atomic E-state index is 12.7. The first-order valence-electron chi connectivity index (χ1n) is 10.7. The van der Waals surface area contributed by atoms with Crippen LogP contribution in [0, 0.1) is 17.8 Å². The second-order valence-electron chi connectivity index (χ2n) is 8.88. The molecule has 3 aliphatic heterocycles. The molecule has 0 unspecified atom stereocenters. The van der Waals surface area contributed by atoms with Crippen molar-refractivity contribution in [1.82, 2.24) is 9.80 Å². The highest BCUT2D eigenvalue weighted by molar-refractivity contribution is 5.89. The summed E-state index contributed by atoms with van der Waals surface area (Å²) in [5.41, 5.74) is 0.757. The van der Waals surface area contributed by atoms with Gasteiger partial charge >= 0.3 is 6.03 Å². The quantitative estimate of drug-likeness (QED) is 0.860. The van der Waals surface area contributed by atoms with Crippen molar-refractivity contribution < 1.29 is 14.3 Å². The van der Waals surface area contributed by atoms with Gasteiger partial charge < -0.3 is 24.6 Å². The number of carbonyl (C=O) groups excluding carboxylic acids is 1. The van der Waals surface area contributed by atoms with Crippen molar-refractivity contribution in [2.75, 3.05) is 51.3 Å². The van der Waals surface area contributed by atoms with E-state index in [4.69, 9.17) is 9.47 Å². The standard InChI is InChI=1S/C22H33N3O3/c1-16-11-17(2)14-24(13-16)15-18-5-7-25(8-6-18)22(26)23-19-3-4-20-21(12-19)28-10-9-27-20/h3-4,12,16-18H,5-11,13-15H2,1-2H3,(H,23,26)/t16-,17-/m0/s1. The first-order valence-corrected chi connectivity index (χ1v) is 10.7. The van der Waals surface area contributed by atoms with Crippen molar-refractivity contribution in [1.29, 1.82) is 0 Å². The summed E-state index contributed by atoms with van der Waals surface area (Å²) in [6, 6.07) is 5.56. The lowest BCUT2D eigenvalue weighted by molar-refractivity contribution is 0.101. The zero-order valence-electron chi connectivity index (χ0n) is 17.2. The van der Waals surface area contributed by atoms with Crippen molar-refractivity contribution in [3.63, 3.8) is 0 Å². The van der Waals surface area contributed by atoms with Gasteiger partial charge in [0.1, 0.15) is 13.2 Å². The molecule has 0 aliphatic carbocycles. The number of ether oxygens (including phenoxy) is 2. The number of fused-ring (bicyclic) bond motifs is 1. The van der Waals surface area contributed by atoms with Gasteiger partial charge in [0.2, 0.25) is 0 Å². The number of rotatable bonds is 3. The monoisotopic (exact) mass is 387 g/mol. The van der Waals surface area contributed by atoms with E-state index >= 15 is 0 Å². The molecule has 2 atom stereocenters. The van der Waals surface area contributed by atoms with Crippen LogP contribution in [-0.4, -0.2) is 61.8 Å². The number of hydrogen-bond donors (Lipinski definition) is 1. The molecule has 1 aromatic carbocycles. The van der Waals surface area contributed by atoms with Gasteiger partial charge in [-0.25, -0.2) is 4.79 Å². The fraction of sp³-hybridized carbons (Fsp3) is 0.682. The van der Waals surface area contributed by atoms with Crippen LogP contribution < -0.4 is 14.8 Å². The smallest absolute Gasteiger partial charge is 0.321 e. The predicted octanol–water partition coefficient (Wildman–Crippen LogP) is 3.68. The second kappa shape index (κ2) is 8.60. The summed E-state index contributed by atoms with van der Waals surface area (Å²) in [5.74, 6) is 3.76. The number of likely N-dealkylation sites (tertiary alicyclic amines) is 2. The molecule has 0 radical (unpaired) electrons. The molecule has 3 heterocycles. The van der Waals surface area contributed by atoms with Crippen LogP contribution in [0.15, 0.2) is 18.2 Å². The van der Waals surface area contributed by atoms with Gasteiger partial charge in [-0.3, -0.25) is 0 Å². The van der Waals surface area contributed by atoms with E-state index in [2.05, 4.69) is 24.1 Å². The van der Waals surface area contributed by atoms with Crippen LogP contribution in [-0.2, 0) is 0 Å². The molecule has 2 saturated heterocycles. The summed E-state index contributed by atoms with van der Waals surface area (Å²) in [6.07, 6.45) is 3.54. The predicted molar refractivity (Wildman–Crippen MR) is 110 cm³/mol. The third-order valence-corrected chi connectivity index (χ3v) is 6.16. The Morgan fingerprint density at radius 2 is 1.75 bits per heavy atom. The molecule has 2 fully saturated rings. The minimum absolute atomic E-state index is 0.0182. The first kappa shape index (κ1) is 19.4. The van der Waals surface area contributed by atoms with E-state index in [0.29, 0.717) is 24.9 Å². The molecule has 2 amide bonds. The molecule has 0 spiro atoms. The Morgan fingerprint density at radius 1 is 1.07 bits per heavy atom. The molecule has 1 aromatic rings. The lowest BCUT2D eigenvalue weighted by Gasteiger charge is -2.39. The normalized spacial score (nSPS) is 26.1. The van der Waals surface area contributed by atoms with E-state index in [1.165, 1.54) is 26.1 Å². The highest BCUT2D eigenvalue weighted by Gasteiger charge is 2.27. The number of piperidine rings is 2. The highest BCUT2D eigenvalue weighted by atomic mass is 16.6. The molecule has 4 rings (SSSR count). The van der Waals surface area contributed by atoms with Crippen LogP contribution in [0.25, 0.3) is 0 Å². The van der Waals surface area contributed by atoms with Gasteiger partial charge in [0.15, 0.2) is 11.5 Å². The van der Waals surface area contributed by atoms with Crippen molar-refractivity contribution in [3.8, 4) is 11.5 Å². The van der Waals surface area contributed by atoms with Crippen LogP contribution >= 0.6 is 0 Å². The zero-order chi connectivity index (χ0) is 19.5. The summed E-state index contributed by atoms with van der Waals surface area (Å²) in [7, 11) is 0. The summed E-state index contributed by atoms with van der Waals surface area (Å²) in [5, 5.41) is 3.01.